The third-order valence-electron chi connectivity index (χ3n) is 5.14. The lowest BCUT2D eigenvalue weighted by Gasteiger charge is -2.39. The van der Waals surface area contributed by atoms with Crippen LogP contribution in [0.2, 0.25) is 5.02 Å². The summed E-state index contributed by atoms with van der Waals surface area (Å²) in [6, 6.07) is 10.8. The van der Waals surface area contributed by atoms with Crippen LogP contribution in [0.4, 0.5) is 4.79 Å². The van der Waals surface area contributed by atoms with Crippen molar-refractivity contribution >= 4 is 17.6 Å². The Morgan fingerprint density at radius 1 is 1.08 bits per heavy atom. The maximum absolute atomic E-state index is 12.3. The molecule has 1 aliphatic carbocycles. The molecule has 4 rings (SSSR count). The SMILES string of the molecule is O=C(NC1CCCC1)N1CC(n2nc(-c3ccc(Cl)cc3)ccc2=O)C1. The number of halogens is 1. The fraction of sp³-hybridized carbons (Fsp3) is 0.421. The molecule has 0 atom stereocenters. The van der Waals surface area contributed by atoms with Crippen LogP contribution in [0.15, 0.2) is 41.2 Å². The molecule has 1 saturated heterocycles. The molecule has 0 radical (unpaired) electrons. The number of carbonyl (C=O) groups is 1. The van der Waals surface area contributed by atoms with Crippen LogP contribution in [0, 0.1) is 0 Å². The van der Waals surface area contributed by atoms with Gasteiger partial charge in [-0.05, 0) is 31.0 Å². The Kier molecular flexibility index (Phi) is 4.68. The summed E-state index contributed by atoms with van der Waals surface area (Å²) in [6.07, 6.45) is 4.50. The van der Waals surface area contributed by atoms with E-state index in [1.165, 1.54) is 23.6 Å². The first-order valence-corrected chi connectivity index (χ1v) is 9.39. The Labute approximate surface area is 156 Å². The van der Waals surface area contributed by atoms with E-state index in [0.717, 1.165) is 24.1 Å². The summed E-state index contributed by atoms with van der Waals surface area (Å²) >= 11 is 5.93. The van der Waals surface area contributed by atoms with Gasteiger partial charge in [0.25, 0.3) is 5.56 Å². The van der Waals surface area contributed by atoms with Crippen LogP contribution in [0.1, 0.15) is 31.7 Å². The molecule has 7 heteroatoms. The summed E-state index contributed by atoms with van der Waals surface area (Å²) in [7, 11) is 0. The minimum absolute atomic E-state index is 0.0324. The number of nitrogens with one attached hydrogen (secondary N) is 1. The highest BCUT2D eigenvalue weighted by Gasteiger charge is 2.34. The van der Waals surface area contributed by atoms with E-state index >= 15 is 0 Å². The van der Waals surface area contributed by atoms with Gasteiger partial charge in [-0.3, -0.25) is 4.79 Å². The number of aromatic nitrogens is 2. The van der Waals surface area contributed by atoms with Crippen molar-refractivity contribution in [3.05, 3.63) is 51.8 Å². The van der Waals surface area contributed by atoms with Gasteiger partial charge in [0.2, 0.25) is 0 Å². The monoisotopic (exact) mass is 372 g/mol. The molecule has 0 spiro atoms. The topological polar surface area (TPSA) is 67.2 Å². The number of nitrogens with zero attached hydrogens (tertiary/aromatic N) is 3. The first kappa shape index (κ1) is 17.1. The Morgan fingerprint density at radius 3 is 2.46 bits per heavy atom. The standard InChI is InChI=1S/C19H21ClN4O2/c20-14-7-5-13(6-8-14)17-9-10-18(25)24(22-17)16-11-23(12-16)19(26)21-15-3-1-2-4-15/h5-10,15-16H,1-4,11-12H2,(H,21,26). The molecular formula is C19H21ClN4O2. The fourth-order valence-electron chi connectivity index (χ4n) is 3.57. The van der Waals surface area contributed by atoms with E-state index in [1.807, 2.05) is 12.1 Å². The molecule has 26 heavy (non-hydrogen) atoms. The molecule has 1 saturated carbocycles. The second-order valence-corrected chi connectivity index (χ2v) is 7.43. The molecule has 2 amide bonds. The molecule has 1 aromatic heterocycles. The molecule has 136 valence electrons. The molecule has 0 bridgehead atoms. The zero-order valence-electron chi connectivity index (χ0n) is 14.4. The highest BCUT2D eigenvalue weighted by molar-refractivity contribution is 6.30. The van der Waals surface area contributed by atoms with Crippen molar-refractivity contribution in [1.29, 1.82) is 0 Å². The van der Waals surface area contributed by atoms with Crippen molar-refractivity contribution < 1.29 is 4.79 Å². The minimum Gasteiger partial charge on any atom is -0.335 e. The Morgan fingerprint density at radius 2 is 1.77 bits per heavy atom. The van der Waals surface area contributed by atoms with E-state index in [4.69, 9.17) is 11.6 Å². The predicted molar refractivity (Wildman–Crippen MR) is 100 cm³/mol. The summed E-state index contributed by atoms with van der Waals surface area (Å²) in [5.41, 5.74) is 1.47. The number of carbonyl (C=O) groups excluding carboxylic acids is 1. The van der Waals surface area contributed by atoms with Crippen molar-refractivity contribution in [2.75, 3.05) is 13.1 Å². The van der Waals surface area contributed by atoms with Crippen molar-refractivity contribution in [3.63, 3.8) is 0 Å². The van der Waals surface area contributed by atoms with Crippen molar-refractivity contribution in [1.82, 2.24) is 20.0 Å². The van der Waals surface area contributed by atoms with Gasteiger partial charge in [0.05, 0.1) is 11.7 Å². The Hall–Kier alpha value is -2.34. The van der Waals surface area contributed by atoms with Gasteiger partial charge in [0.15, 0.2) is 0 Å². The normalized spacial score (nSPS) is 18.0. The number of hydrogen-bond donors (Lipinski definition) is 1. The second-order valence-electron chi connectivity index (χ2n) is 7.00. The third kappa shape index (κ3) is 3.46. The zero-order valence-corrected chi connectivity index (χ0v) is 15.2. The van der Waals surface area contributed by atoms with E-state index in [9.17, 15) is 9.59 Å². The van der Waals surface area contributed by atoms with Crippen molar-refractivity contribution in [2.45, 2.75) is 37.8 Å². The quantitative estimate of drug-likeness (QED) is 0.900. The summed E-state index contributed by atoms with van der Waals surface area (Å²) in [4.78, 5) is 26.2. The predicted octanol–water partition coefficient (Wildman–Crippen LogP) is 3.07. The highest BCUT2D eigenvalue weighted by atomic mass is 35.5. The van der Waals surface area contributed by atoms with E-state index < -0.39 is 0 Å². The molecule has 1 N–H and O–H groups in total. The van der Waals surface area contributed by atoms with E-state index in [2.05, 4.69) is 10.4 Å². The Bertz CT molecular complexity index is 853. The lowest BCUT2D eigenvalue weighted by atomic mass is 10.1. The van der Waals surface area contributed by atoms with E-state index in [-0.39, 0.29) is 17.6 Å². The molecule has 0 unspecified atom stereocenters. The van der Waals surface area contributed by atoms with Crippen LogP contribution in [-0.2, 0) is 0 Å². The molecular weight excluding hydrogens is 352 g/mol. The van der Waals surface area contributed by atoms with Crippen LogP contribution >= 0.6 is 11.6 Å². The molecule has 1 aromatic carbocycles. The minimum atomic E-state index is -0.149. The van der Waals surface area contributed by atoms with Gasteiger partial charge in [0, 0.05) is 35.8 Å². The van der Waals surface area contributed by atoms with E-state index in [0.29, 0.717) is 24.2 Å². The summed E-state index contributed by atoms with van der Waals surface area (Å²) in [5, 5.41) is 8.23. The first-order chi connectivity index (χ1) is 12.6. The summed E-state index contributed by atoms with van der Waals surface area (Å²) in [5.74, 6) is 0. The number of rotatable bonds is 3. The molecule has 2 heterocycles. The molecule has 2 fully saturated rings. The molecule has 1 aliphatic heterocycles. The van der Waals surface area contributed by atoms with Crippen LogP contribution in [0.25, 0.3) is 11.3 Å². The molecule has 6 nitrogen and oxygen atoms in total. The van der Waals surface area contributed by atoms with Crippen LogP contribution in [-0.4, -0.2) is 39.8 Å². The van der Waals surface area contributed by atoms with Gasteiger partial charge in [-0.1, -0.05) is 36.6 Å². The smallest absolute Gasteiger partial charge is 0.317 e. The van der Waals surface area contributed by atoms with Gasteiger partial charge in [-0.15, -0.1) is 0 Å². The second kappa shape index (κ2) is 7.11. The number of amides is 2. The number of likely N-dealkylation sites (tertiary alicyclic amines) is 1. The van der Waals surface area contributed by atoms with Crippen LogP contribution < -0.4 is 10.9 Å². The van der Waals surface area contributed by atoms with Gasteiger partial charge >= 0.3 is 6.03 Å². The average Bonchev–Trinajstić information content (AvgIpc) is 3.09. The maximum Gasteiger partial charge on any atom is 0.317 e. The summed E-state index contributed by atoms with van der Waals surface area (Å²) < 4.78 is 1.49. The number of urea groups is 1. The highest BCUT2D eigenvalue weighted by Crippen LogP contribution is 2.23. The maximum atomic E-state index is 12.3. The first-order valence-electron chi connectivity index (χ1n) is 9.01. The van der Waals surface area contributed by atoms with Crippen LogP contribution in [0.3, 0.4) is 0 Å². The molecule has 2 aliphatic rings. The zero-order chi connectivity index (χ0) is 18.1. The lowest BCUT2D eigenvalue weighted by Crippen LogP contribution is -2.57. The fourth-order valence-corrected chi connectivity index (χ4v) is 3.70. The van der Waals surface area contributed by atoms with Gasteiger partial charge in [0.1, 0.15) is 0 Å². The Balaban J connectivity index is 1.44. The average molecular weight is 373 g/mol. The lowest BCUT2D eigenvalue weighted by molar-refractivity contribution is 0.113. The number of benzene rings is 1. The largest absolute Gasteiger partial charge is 0.335 e. The number of hydrogen-bond acceptors (Lipinski definition) is 3. The van der Waals surface area contributed by atoms with Crippen molar-refractivity contribution in [3.8, 4) is 11.3 Å². The summed E-state index contributed by atoms with van der Waals surface area (Å²) in [6.45, 7) is 1.02. The molecule has 2 aromatic rings. The van der Waals surface area contributed by atoms with Gasteiger partial charge in [-0.2, -0.15) is 5.10 Å². The third-order valence-corrected chi connectivity index (χ3v) is 5.40. The van der Waals surface area contributed by atoms with Crippen molar-refractivity contribution in [2.24, 2.45) is 0 Å². The van der Waals surface area contributed by atoms with E-state index in [1.54, 1.807) is 23.1 Å². The van der Waals surface area contributed by atoms with Crippen LogP contribution in [0.5, 0.6) is 0 Å². The van der Waals surface area contributed by atoms with Gasteiger partial charge < -0.3 is 10.2 Å². The van der Waals surface area contributed by atoms with Gasteiger partial charge in [-0.25, -0.2) is 9.48 Å².